The van der Waals surface area contributed by atoms with Crippen LogP contribution in [0.1, 0.15) is 70.4 Å². The highest BCUT2D eigenvalue weighted by molar-refractivity contribution is 5.74. The molecule has 4 saturated carbocycles. The zero-order valence-corrected chi connectivity index (χ0v) is 19.8. The molecule has 32 heavy (non-hydrogen) atoms. The van der Waals surface area contributed by atoms with Crippen LogP contribution in [0.25, 0.3) is 22.3 Å². The molecular weight excluding hydrogens is 386 g/mol. The third-order valence-corrected chi connectivity index (χ3v) is 8.68. The fraction of sp³-hybridized carbons (Fsp3) is 0.452. The van der Waals surface area contributed by atoms with E-state index in [0.29, 0.717) is 5.41 Å². The summed E-state index contributed by atoms with van der Waals surface area (Å²) in [5, 5.41) is 0. The molecule has 1 heterocycles. The Hall–Kier alpha value is -2.41. The quantitative estimate of drug-likeness (QED) is 0.415. The maximum Gasteiger partial charge on any atom is 0.0273 e. The number of nitrogens with zero attached hydrogens (tertiary/aromatic N) is 1. The van der Waals surface area contributed by atoms with E-state index < -0.39 is 0 Å². The van der Waals surface area contributed by atoms with Crippen molar-refractivity contribution in [3.8, 4) is 22.3 Å². The third kappa shape index (κ3) is 3.51. The van der Waals surface area contributed by atoms with Crippen LogP contribution in [0.5, 0.6) is 0 Å². The van der Waals surface area contributed by atoms with Crippen molar-refractivity contribution in [3.05, 3.63) is 78.1 Å². The maximum atomic E-state index is 4.21. The second-order valence-electron chi connectivity index (χ2n) is 12.1. The van der Waals surface area contributed by atoms with Crippen LogP contribution >= 0.6 is 0 Å². The standard InChI is InChI=1S/C31H35N/c1-30(2,3)29-16-26(15-27(17-29)25-8-10-32-11-9-25)24-4-6-28(7-5-24)31-18-21-12-22(19-31)14-23(13-21)20-31/h4-11,15-17,21-23H,12-14,18-20H2,1-3H3. The van der Waals surface area contributed by atoms with Crippen molar-refractivity contribution in [2.24, 2.45) is 17.8 Å². The Morgan fingerprint density at radius 2 is 1.16 bits per heavy atom. The molecule has 1 heteroatoms. The lowest BCUT2D eigenvalue weighted by molar-refractivity contribution is -0.00518. The number of benzene rings is 2. The van der Waals surface area contributed by atoms with Gasteiger partial charge in [0.25, 0.3) is 0 Å². The Labute approximate surface area is 193 Å². The van der Waals surface area contributed by atoms with E-state index in [1.807, 2.05) is 12.4 Å². The molecule has 0 radical (unpaired) electrons. The Morgan fingerprint density at radius 3 is 1.66 bits per heavy atom. The van der Waals surface area contributed by atoms with Gasteiger partial charge in [-0.2, -0.15) is 0 Å². The molecule has 0 spiro atoms. The van der Waals surface area contributed by atoms with Crippen molar-refractivity contribution in [2.75, 3.05) is 0 Å². The van der Waals surface area contributed by atoms with Crippen LogP contribution in [-0.4, -0.2) is 4.98 Å². The van der Waals surface area contributed by atoms with Gasteiger partial charge in [-0.05, 0) is 119 Å². The van der Waals surface area contributed by atoms with Crippen LogP contribution in [0.4, 0.5) is 0 Å². The number of hydrogen-bond donors (Lipinski definition) is 0. The number of pyridine rings is 1. The highest BCUT2D eigenvalue weighted by atomic mass is 14.6. The molecule has 0 saturated heterocycles. The molecule has 4 aliphatic rings. The van der Waals surface area contributed by atoms with Crippen LogP contribution in [0.15, 0.2) is 67.0 Å². The number of aromatic nitrogens is 1. The van der Waals surface area contributed by atoms with Gasteiger partial charge in [0.15, 0.2) is 0 Å². The van der Waals surface area contributed by atoms with E-state index in [2.05, 4.69) is 80.4 Å². The zero-order chi connectivity index (χ0) is 21.9. The van der Waals surface area contributed by atoms with Crippen molar-refractivity contribution in [3.63, 3.8) is 0 Å². The Kier molecular flexibility index (Phi) is 4.61. The smallest absolute Gasteiger partial charge is 0.0273 e. The molecule has 7 rings (SSSR count). The van der Waals surface area contributed by atoms with Crippen LogP contribution in [0.2, 0.25) is 0 Å². The average molecular weight is 422 g/mol. The summed E-state index contributed by atoms with van der Waals surface area (Å²) in [7, 11) is 0. The van der Waals surface area contributed by atoms with Crippen molar-refractivity contribution in [2.45, 2.75) is 70.1 Å². The fourth-order valence-electron chi connectivity index (χ4n) is 7.42. The lowest BCUT2D eigenvalue weighted by Crippen LogP contribution is -2.48. The minimum atomic E-state index is 0.108. The second-order valence-corrected chi connectivity index (χ2v) is 12.1. The van der Waals surface area contributed by atoms with Crippen LogP contribution in [-0.2, 0) is 10.8 Å². The van der Waals surface area contributed by atoms with E-state index >= 15 is 0 Å². The summed E-state index contributed by atoms with van der Waals surface area (Å²) in [5.41, 5.74) is 8.74. The zero-order valence-electron chi connectivity index (χ0n) is 19.8. The lowest BCUT2D eigenvalue weighted by Gasteiger charge is -2.57. The molecule has 1 nitrogen and oxygen atoms in total. The van der Waals surface area contributed by atoms with E-state index in [4.69, 9.17) is 0 Å². The van der Waals surface area contributed by atoms with Crippen molar-refractivity contribution in [1.29, 1.82) is 0 Å². The predicted octanol–water partition coefficient (Wildman–Crippen LogP) is 8.18. The molecule has 0 unspecified atom stereocenters. The van der Waals surface area contributed by atoms with Gasteiger partial charge in [0.05, 0.1) is 0 Å². The Morgan fingerprint density at radius 1 is 0.656 bits per heavy atom. The van der Waals surface area contributed by atoms with E-state index in [1.54, 1.807) is 5.56 Å². The van der Waals surface area contributed by atoms with Gasteiger partial charge in [-0.25, -0.2) is 0 Å². The van der Waals surface area contributed by atoms with Gasteiger partial charge in [0, 0.05) is 12.4 Å². The van der Waals surface area contributed by atoms with Crippen LogP contribution in [0.3, 0.4) is 0 Å². The van der Waals surface area contributed by atoms with Gasteiger partial charge in [-0.15, -0.1) is 0 Å². The van der Waals surface area contributed by atoms with Gasteiger partial charge in [-0.3, -0.25) is 4.98 Å². The first-order valence-corrected chi connectivity index (χ1v) is 12.5. The molecule has 4 bridgehead atoms. The summed E-state index contributed by atoms with van der Waals surface area (Å²) in [6.45, 7) is 6.91. The maximum absolute atomic E-state index is 4.21. The molecule has 2 aromatic carbocycles. The number of rotatable bonds is 3. The first kappa shape index (κ1) is 20.2. The van der Waals surface area contributed by atoms with Gasteiger partial charge < -0.3 is 0 Å². The summed E-state index contributed by atoms with van der Waals surface area (Å²) in [6, 6.07) is 21.1. The molecule has 0 amide bonds. The van der Waals surface area contributed by atoms with Crippen LogP contribution in [0, 0.1) is 17.8 Å². The molecular formula is C31H35N. The molecule has 3 aromatic rings. The molecule has 0 atom stereocenters. The van der Waals surface area contributed by atoms with Gasteiger partial charge in [0.2, 0.25) is 0 Å². The summed E-state index contributed by atoms with van der Waals surface area (Å²) in [4.78, 5) is 4.21. The SMILES string of the molecule is CC(C)(C)c1cc(-c2ccncc2)cc(-c2ccc(C34CC5CC(CC(C5)C3)C4)cc2)c1. The van der Waals surface area contributed by atoms with E-state index in [-0.39, 0.29) is 5.41 Å². The highest BCUT2D eigenvalue weighted by Crippen LogP contribution is 2.60. The van der Waals surface area contributed by atoms with Crippen molar-refractivity contribution in [1.82, 2.24) is 4.98 Å². The average Bonchev–Trinajstić information content (AvgIpc) is 2.78. The molecule has 4 aliphatic carbocycles. The molecule has 4 fully saturated rings. The van der Waals surface area contributed by atoms with Crippen molar-refractivity contribution < 1.29 is 0 Å². The summed E-state index contributed by atoms with van der Waals surface area (Å²) in [5.74, 6) is 2.98. The van der Waals surface area contributed by atoms with Crippen molar-refractivity contribution >= 4 is 0 Å². The summed E-state index contributed by atoms with van der Waals surface area (Å²) >= 11 is 0. The topological polar surface area (TPSA) is 12.9 Å². The van der Waals surface area contributed by atoms with Gasteiger partial charge in [-0.1, -0.05) is 57.2 Å². The summed E-state index contributed by atoms with van der Waals surface area (Å²) in [6.07, 6.45) is 12.6. The Balaban J connectivity index is 1.37. The van der Waals surface area contributed by atoms with Gasteiger partial charge >= 0.3 is 0 Å². The normalized spacial score (nSPS) is 28.8. The van der Waals surface area contributed by atoms with E-state index in [9.17, 15) is 0 Å². The highest BCUT2D eigenvalue weighted by Gasteiger charge is 2.51. The predicted molar refractivity (Wildman–Crippen MR) is 134 cm³/mol. The van der Waals surface area contributed by atoms with Crippen LogP contribution < -0.4 is 0 Å². The minimum Gasteiger partial charge on any atom is -0.265 e. The molecule has 0 aliphatic heterocycles. The molecule has 1 aromatic heterocycles. The van der Waals surface area contributed by atoms with Gasteiger partial charge in [0.1, 0.15) is 0 Å². The van der Waals surface area contributed by atoms with E-state index in [1.165, 1.54) is 66.3 Å². The summed E-state index contributed by atoms with van der Waals surface area (Å²) < 4.78 is 0. The lowest BCUT2D eigenvalue weighted by atomic mass is 9.48. The first-order chi connectivity index (χ1) is 15.4. The third-order valence-electron chi connectivity index (χ3n) is 8.68. The van der Waals surface area contributed by atoms with E-state index in [0.717, 1.165) is 17.8 Å². The fourth-order valence-corrected chi connectivity index (χ4v) is 7.42. The number of hydrogen-bond acceptors (Lipinski definition) is 1. The first-order valence-electron chi connectivity index (χ1n) is 12.5. The molecule has 0 N–H and O–H groups in total. The largest absolute Gasteiger partial charge is 0.265 e. The minimum absolute atomic E-state index is 0.108. The second kappa shape index (κ2) is 7.30. The monoisotopic (exact) mass is 421 g/mol. The molecule has 164 valence electrons. The Bertz CT molecular complexity index is 1080.